The predicted molar refractivity (Wildman–Crippen MR) is 97.8 cm³/mol. The van der Waals surface area contributed by atoms with Gasteiger partial charge in [-0.1, -0.05) is 23.7 Å². The lowest BCUT2D eigenvalue weighted by molar-refractivity contribution is -0.131. The van der Waals surface area contributed by atoms with E-state index in [-0.39, 0.29) is 18.1 Å². The molecule has 6 nitrogen and oxygen atoms in total. The Bertz CT molecular complexity index is 774. The summed E-state index contributed by atoms with van der Waals surface area (Å²) in [7, 11) is 4.66. The molecule has 0 saturated heterocycles. The molecule has 0 aliphatic heterocycles. The van der Waals surface area contributed by atoms with Crippen LogP contribution in [0.25, 0.3) is 0 Å². The molecule has 0 radical (unpaired) electrons. The van der Waals surface area contributed by atoms with Gasteiger partial charge in [0.25, 0.3) is 5.91 Å². The first-order valence-corrected chi connectivity index (χ1v) is 8.21. The summed E-state index contributed by atoms with van der Waals surface area (Å²) in [4.78, 5) is 24.9. The van der Waals surface area contributed by atoms with E-state index in [4.69, 9.17) is 25.8 Å². The van der Waals surface area contributed by atoms with E-state index in [1.165, 1.54) is 18.1 Å². The summed E-state index contributed by atoms with van der Waals surface area (Å²) < 4.78 is 16.0. The fourth-order valence-corrected chi connectivity index (χ4v) is 2.12. The Morgan fingerprint density at radius 1 is 1.04 bits per heavy atom. The number of carbonyl (C=O) groups is 2. The van der Waals surface area contributed by atoms with Crippen molar-refractivity contribution in [1.82, 2.24) is 4.90 Å². The second-order valence-electron chi connectivity index (χ2n) is 5.65. The standard InChI is InChI=1S/C19H20ClNO5/c1-21(2)18(22)12-26-19(23)14-6-9-16(17(10-14)24-3)25-11-13-4-7-15(20)8-5-13/h4-10H,11-12H2,1-3H3. The molecule has 0 heterocycles. The van der Waals surface area contributed by atoms with Gasteiger partial charge in [0.15, 0.2) is 18.1 Å². The first-order chi connectivity index (χ1) is 12.4. The van der Waals surface area contributed by atoms with E-state index >= 15 is 0 Å². The molecule has 2 aromatic carbocycles. The fourth-order valence-electron chi connectivity index (χ4n) is 2.00. The van der Waals surface area contributed by atoms with E-state index < -0.39 is 5.97 Å². The van der Waals surface area contributed by atoms with Crippen molar-refractivity contribution >= 4 is 23.5 Å². The molecule has 26 heavy (non-hydrogen) atoms. The lowest BCUT2D eigenvalue weighted by Gasteiger charge is -2.13. The largest absolute Gasteiger partial charge is 0.493 e. The summed E-state index contributed by atoms with van der Waals surface area (Å²) in [5, 5.41) is 0.655. The maximum atomic E-state index is 12.1. The zero-order chi connectivity index (χ0) is 19.1. The summed E-state index contributed by atoms with van der Waals surface area (Å²) in [5.74, 6) is -0.0216. The Morgan fingerprint density at radius 2 is 1.73 bits per heavy atom. The molecule has 2 aromatic rings. The van der Waals surface area contributed by atoms with Gasteiger partial charge in [0.2, 0.25) is 0 Å². The van der Waals surface area contributed by atoms with Crippen LogP contribution in [0, 0.1) is 0 Å². The van der Waals surface area contributed by atoms with Gasteiger partial charge in [-0.15, -0.1) is 0 Å². The smallest absolute Gasteiger partial charge is 0.338 e. The third-order valence-corrected chi connectivity index (χ3v) is 3.78. The van der Waals surface area contributed by atoms with Gasteiger partial charge in [0.1, 0.15) is 6.61 Å². The second kappa shape index (κ2) is 9.10. The summed E-state index contributed by atoms with van der Waals surface area (Å²) in [6, 6.07) is 12.0. The van der Waals surface area contributed by atoms with Crippen LogP contribution in [-0.2, 0) is 16.1 Å². The molecule has 0 fully saturated rings. The molecule has 0 unspecified atom stereocenters. The Morgan fingerprint density at radius 3 is 2.35 bits per heavy atom. The number of likely N-dealkylation sites (N-methyl/N-ethyl adjacent to an activating group) is 1. The van der Waals surface area contributed by atoms with Crippen LogP contribution >= 0.6 is 11.6 Å². The Kier molecular flexibility index (Phi) is 6.86. The predicted octanol–water partition coefficient (Wildman–Crippen LogP) is 3.17. The van der Waals surface area contributed by atoms with Crippen molar-refractivity contribution in [1.29, 1.82) is 0 Å². The van der Waals surface area contributed by atoms with Gasteiger partial charge in [-0.3, -0.25) is 4.79 Å². The average Bonchev–Trinajstić information content (AvgIpc) is 2.65. The van der Waals surface area contributed by atoms with Crippen LogP contribution in [0.2, 0.25) is 5.02 Å². The number of methoxy groups -OCH3 is 1. The lowest BCUT2D eigenvalue weighted by Crippen LogP contribution is -2.27. The molecule has 0 atom stereocenters. The number of carbonyl (C=O) groups excluding carboxylic acids is 2. The van der Waals surface area contributed by atoms with E-state index in [9.17, 15) is 9.59 Å². The summed E-state index contributed by atoms with van der Waals surface area (Å²) in [5.41, 5.74) is 1.22. The first-order valence-electron chi connectivity index (χ1n) is 7.83. The van der Waals surface area contributed by atoms with Crippen molar-refractivity contribution in [2.24, 2.45) is 0 Å². The van der Waals surface area contributed by atoms with Crippen molar-refractivity contribution in [2.75, 3.05) is 27.8 Å². The van der Waals surface area contributed by atoms with Gasteiger partial charge in [-0.2, -0.15) is 0 Å². The maximum absolute atomic E-state index is 12.1. The third kappa shape index (κ3) is 5.39. The highest BCUT2D eigenvalue weighted by Gasteiger charge is 2.14. The molecule has 0 aliphatic carbocycles. The van der Waals surface area contributed by atoms with E-state index in [1.807, 2.05) is 12.1 Å². The van der Waals surface area contributed by atoms with Gasteiger partial charge < -0.3 is 19.1 Å². The SMILES string of the molecule is COc1cc(C(=O)OCC(=O)N(C)C)ccc1OCc1ccc(Cl)cc1. The fraction of sp³-hybridized carbons (Fsp3) is 0.263. The quantitative estimate of drug-likeness (QED) is 0.693. The van der Waals surface area contributed by atoms with Crippen LogP contribution in [0.4, 0.5) is 0 Å². The highest BCUT2D eigenvalue weighted by molar-refractivity contribution is 6.30. The van der Waals surface area contributed by atoms with Crippen LogP contribution < -0.4 is 9.47 Å². The van der Waals surface area contributed by atoms with Crippen LogP contribution in [0.3, 0.4) is 0 Å². The number of halogens is 1. The number of hydrogen-bond donors (Lipinski definition) is 0. The van der Waals surface area contributed by atoms with Gasteiger partial charge in [0.05, 0.1) is 12.7 Å². The summed E-state index contributed by atoms with van der Waals surface area (Å²) >= 11 is 5.86. The van der Waals surface area contributed by atoms with Gasteiger partial charge in [-0.05, 0) is 35.9 Å². The second-order valence-corrected chi connectivity index (χ2v) is 6.08. The summed E-state index contributed by atoms with van der Waals surface area (Å²) in [6.45, 7) is 0.0115. The molecule has 0 saturated carbocycles. The first kappa shape index (κ1) is 19.6. The van der Waals surface area contributed by atoms with Crippen LogP contribution in [0.15, 0.2) is 42.5 Å². The van der Waals surface area contributed by atoms with Crippen molar-refractivity contribution in [3.8, 4) is 11.5 Å². The molecule has 138 valence electrons. The molecule has 0 bridgehead atoms. The van der Waals surface area contributed by atoms with Crippen molar-refractivity contribution in [2.45, 2.75) is 6.61 Å². The third-order valence-electron chi connectivity index (χ3n) is 3.53. The average molecular weight is 378 g/mol. The molecule has 0 aromatic heterocycles. The molecule has 7 heteroatoms. The maximum Gasteiger partial charge on any atom is 0.338 e. The lowest BCUT2D eigenvalue weighted by atomic mass is 10.2. The zero-order valence-electron chi connectivity index (χ0n) is 14.8. The molecule has 2 rings (SSSR count). The van der Waals surface area contributed by atoms with E-state index in [1.54, 1.807) is 38.4 Å². The molecule has 0 aliphatic rings. The van der Waals surface area contributed by atoms with Gasteiger partial charge in [0, 0.05) is 19.1 Å². The number of rotatable bonds is 7. The van der Waals surface area contributed by atoms with Crippen molar-refractivity contribution in [3.05, 3.63) is 58.6 Å². The minimum absolute atomic E-state index is 0.271. The van der Waals surface area contributed by atoms with Gasteiger partial charge in [-0.25, -0.2) is 4.79 Å². The highest BCUT2D eigenvalue weighted by Crippen LogP contribution is 2.29. The number of amides is 1. The minimum atomic E-state index is -0.609. The monoisotopic (exact) mass is 377 g/mol. The molecule has 0 N–H and O–H groups in total. The minimum Gasteiger partial charge on any atom is -0.493 e. The Labute approximate surface area is 157 Å². The van der Waals surface area contributed by atoms with E-state index in [0.29, 0.717) is 23.1 Å². The number of esters is 1. The topological polar surface area (TPSA) is 65.1 Å². The van der Waals surface area contributed by atoms with Crippen molar-refractivity contribution < 1.29 is 23.8 Å². The van der Waals surface area contributed by atoms with E-state index in [2.05, 4.69) is 0 Å². The van der Waals surface area contributed by atoms with Gasteiger partial charge >= 0.3 is 5.97 Å². The van der Waals surface area contributed by atoms with Crippen LogP contribution in [0.5, 0.6) is 11.5 Å². The molecular formula is C19H20ClNO5. The Hall–Kier alpha value is -2.73. The number of ether oxygens (including phenoxy) is 3. The summed E-state index contributed by atoms with van der Waals surface area (Å²) in [6.07, 6.45) is 0. The number of hydrogen-bond acceptors (Lipinski definition) is 5. The van der Waals surface area contributed by atoms with Crippen molar-refractivity contribution in [3.63, 3.8) is 0 Å². The highest BCUT2D eigenvalue weighted by atomic mass is 35.5. The molecular weight excluding hydrogens is 358 g/mol. The molecule has 0 spiro atoms. The number of benzene rings is 2. The Balaban J connectivity index is 2.02. The van der Waals surface area contributed by atoms with E-state index in [0.717, 1.165) is 5.56 Å². The zero-order valence-corrected chi connectivity index (χ0v) is 15.6. The van der Waals surface area contributed by atoms with Crippen LogP contribution in [0.1, 0.15) is 15.9 Å². The molecule has 1 amide bonds. The number of nitrogens with zero attached hydrogens (tertiary/aromatic N) is 1. The normalized spacial score (nSPS) is 10.2. The van der Waals surface area contributed by atoms with Crippen LogP contribution in [-0.4, -0.2) is 44.6 Å².